The number of benzene rings is 1. The first-order valence-electron chi connectivity index (χ1n) is 7.11. The molecule has 116 valence electrons. The molecule has 1 heterocycles. The fraction of sp³-hybridized carbons (Fsp3) is 0.533. The van der Waals surface area contributed by atoms with E-state index in [9.17, 15) is 0 Å². The van der Waals surface area contributed by atoms with E-state index in [1.807, 2.05) is 12.1 Å². The number of likely N-dealkylation sites (tertiary alicyclic amines) is 1. The van der Waals surface area contributed by atoms with Crippen LogP contribution in [0.3, 0.4) is 0 Å². The highest BCUT2D eigenvalue weighted by molar-refractivity contribution is 9.10. The van der Waals surface area contributed by atoms with Crippen molar-refractivity contribution in [2.45, 2.75) is 25.8 Å². The molecule has 0 aliphatic carbocycles. The zero-order valence-electron chi connectivity index (χ0n) is 12.6. The fourth-order valence-corrected chi connectivity index (χ4v) is 3.11. The number of guanidine groups is 1. The second-order valence-electron chi connectivity index (χ2n) is 5.04. The minimum atomic E-state index is 0.529. The van der Waals surface area contributed by atoms with Crippen LogP contribution in [0, 0.1) is 0 Å². The van der Waals surface area contributed by atoms with Crippen LogP contribution in [-0.2, 0) is 6.54 Å². The van der Waals surface area contributed by atoms with Crippen LogP contribution in [0.4, 0.5) is 0 Å². The normalized spacial score (nSPS) is 16.0. The Labute approximate surface area is 134 Å². The fourth-order valence-electron chi connectivity index (χ4n) is 2.46. The molecule has 1 aromatic rings. The molecule has 1 fully saturated rings. The number of hydrogen-bond donors (Lipinski definition) is 1. The average Bonchev–Trinajstić information content (AvgIpc) is 2.52. The molecule has 0 spiro atoms. The van der Waals surface area contributed by atoms with Crippen LogP contribution in [-0.4, -0.2) is 38.2 Å². The van der Waals surface area contributed by atoms with Gasteiger partial charge in [-0.2, -0.15) is 0 Å². The SMILES string of the molecule is COc1cc(CN=C(N)N2CCCCC2)cc(Br)c1OC. The van der Waals surface area contributed by atoms with Crippen molar-refractivity contribution in [2.24, 2.45) is 10.7 Å². The number of ether oxygens (including phenoxy) is 2. The first kappa shape index (κ1) is 15.9. The molecule has 6 heteroatoms. The van der Waals surface area contributed by atoms with E-state index in [0.29, 0.717) is 24.0 Å². The maximum Gasteiger partial charge on any atom is 0.191 e. The third kappa shape index (κ3) is 4.03. The lowest BCUT2D eigenvalue weighted by Crippen LogP contribution is -2.40. The van der Waals surface area contributed by atoms with E-state index in [1.54, 1.807) is 14.2 Å². The van der Waals surface area contributed by atoms with Gasteiger partial charge in [0.25, 0.3) is 0 Å². The summed E-state index contributed by atoms with van der Waals surface area (Å²) in [6.45, 7) is 2.54. The number of halogens is 1. The Morgan fingerprint density at radius 2 is 1.95 bits per heavy atom. The average molecular weight is 356 g/mol. The predicted molar refractivity (Wildman–Crippen MR) is 88.0 cm³/mol. The molecular weight excluding hydrogens is 334 g/mol. The maximum absolute atomic E-state index is 6.07. The van der Waals surface area contributed by atoms with E-state index in [1.165, 1.54) is 19.3 Å². The largest absolute Gasteiger partial charge is 0.493 e. The number of rotatable bonds is 4. The Balaban J connectivity index is 2.10. The van der Waals surface area contributed by atoms with Crippen LogP contribution in [0.15, 0.2) is 21.6 Å². The second kappa shape index (κ2) is 7.54. The molecule has 1 aliphatic rings. The van der Waals surface area contributed by atoms with Crippen LogP contribution >= 0.6 is 15.9 Å². The van der Waals surface area contributed by atoms with Crippen molar-refractivity contribution < 1.29 is 9.47 Å². The van der Waals surface area contributed by atoms with Crippen molar-refractivity contribution in [3.63, 3.8) is 0 Å². The van der Waals surface area contributed by atoms with Gasteiger partial charge in [0, 0.05) is 13.1 Å². The van der Waals surface area contributed by atoms with Crippen molar-refractivity contribution in [3.8, 4) is 11.5 Å². The van der Waals surface area contributed by atoms with Crippen LogP contribution in [0.25, 0.3) is 0 Å². The highest BCUT2D eigenvalue weighted by Gasteiger charge is 2.13. The Morgan fingerprint density at radius 1 is 1.24 bits per heavy atom. The van der Waals surface area contributed by atoms with E-state index in [2.05, 4.69) is 25.8 Å². The lowest BCUT2D eigenvalue weighted by Gasteiger charge is -2.27. The maximum atomic E-state index is 6.07. The summed E-state index contributed by atoms with van der Waals surface area (Å²) >= 11 is 3.49. The molecule has 2 rings (SSSR count). The summed E-state index contributed by atoms with van der Waals surface area (Å²) in [5.41, 5.74) is 7.10. The number of aliphatic imine (C=N–C) groups is 1. The Kier molecular flexibility index (Phi) is 5.73. The van der Waals surface area contributed by atoms with Crippen LogP contribution in [0.5, 0.6) is 11.5 Å². The number of nitrogens with two attached hydrogens (primary N) is 1. The molecule has 0 aromatic heterocycles. The third-order valence-electron chi connectivity index (χ3n) is 3.60. The van der Waals surface area contributed by atoms with E-state index < -0.39 is 0 Å². The first-order valence-corrected chi connectivity index (χ1v) is 7.90. The lowest BCUT2D eigenvalue weighted by atomic mass is 10.1. The Bertz CT molecular complexity index is 514. The van der Waals surface area contributed by atoms with Gasteiger partial charge in [0.15, 0.2) is 17.5 Å². The zero-order chi connectivity index (χ0) is 15.2. The van der Waals surface area contributed by atoms with Gasteiger partial charge in [-0.05, 0) is 52.9 Å². The van der Waals surface area contributed by atoms with Crippen LogP contribution in [0.2, 0.25) is 0 Å². The monoisotopic (exact) mass is 355 g/mol. The molecule has 5 nitrogen and oxygen atoms in total. The van der Waals surface area contributed by atoms with Gasteiger partial charge >= 0.3 is 0 Å². The standard InChI is InChI=1S/C15H22BrN3O2/c1-20-13-9-11(8-12(16)14(13)21-2)10-18-15(17)19-6-4-3-5-7-19/h8-9H,3-7,10H2,1-2H3,(H2,17,18). The van der Waals surface area contributed by atoms with Crippen LogP contribution in [0.1, 0.15) is 24.8 Å². The van der Waals surface area contributed by atoms with Gasteiger partial charge in [-0.15, -0.1) is 0 Å². The smallest absolute Gasteiger partial charge is 0.191 e. The first-order chi connectivity index (χ1) is 10.2. The molecule has 1 aliphatic heterocycles. The summed E-state index contributed by atoms with van der Waals surface area (Å²) in [7, 11) is 3.24. The van der Waals surface area contributed by atoms with Crippen molar-refractivity contribution in [1.29, 1.82) is 0 Å². The summed E-state index contributed by atoms with van der Waals surface area (Å²) in [5, 5.41) is 0. The lowest BCUT2D eigenvalue weighted by molar-refractivity contribution is 0.338. The van der Waals surface area contributed by atoms with Gasteiger partial charge < -0.3 is 20.1 Å². The second-order valence-corrected chi connectivity index (χ2v) is 5.89. The molecule has 0 radical (unpaired) electrons. The molecule has 21 heavy (non-hydrogen) atoms. The van der Waals surface area contributed by atoms with Gasteiger partial charge in [0.2, 0.25) is 0 Å². The van der Waals surface area contributed by atoms with Gasteiger partial charge in [0.1, 0.15) is 0 Å². The van der Waals surface area contributed by atoms with E-state index in [4.69, 9.17) is 15.2 Å². The summed E-state index contributed by atoms with van der Waals surface area (Å²) in [5.74, 6) is 2.00. The molecular formula is C15H22BrN3O2. The molecule has 0 bridgehead atoms. The number of methoxy groups -OCH3 is 2. The minimum absolute atomic E-state index is 0.529. The van der Waals surface area contributed by atoms with Crippen molar-refractivity contribution in [1.82, 2.24) is 4.90 Å². The third-order valence-corrected chi connectivity index (χ3v) is 4.19. The van der Waals surface area contributed by atoms with Gasteiger partial charge in [-0.25, -0.2) is 4.99 Å². The quantitative estimate of drug-likeness (QED) is 0.666. The molecule has 0 saturated carbocycles. The molecule has 0 atom stereocenters. The summed E-state index contributed by atoms with van der Waals surface area (Å²) in [6, 6.07) is 3.91. The van der Waals surface area contributed by atoms with Crippen molar-refractivity contribution >= 4 is 21.9 Å². The van der Waals surface area contributed by atoms with E-state index in [-0.39, 0.29) is 0 Å². The van der Waals surface area contributed by atoms with Crippen molar-refractivity contribution in [2.75, 3.05) is 27.3 Å². The molecule has 1 aromatic carbocycles. The highest BCUT2D eigenvalue weighted by Crippen LogP contribution is 2.36. The Morgan fingerprint density at radius 3 is 2.57 bits per heavy atom. The predicted octanol–water partition coefficient (Wildman–Crippen LogP) is 2.77. The molecule has 2 N–H and O–H groups in total. The molecule has 0 unspecified atom stereocenters. The topological polar surface area (TPSA) is 60.1 Å². The number of nitrogens with zero attached hydrogens (tertiary/aromatic N) is 2. The summed E-state index contributed by atoms with van der Waals surface area (Å²) in [6.07, 6.45) is 3.67. The number of piperidine rings is 1. The Hall–Kier alpha value is -1.43. The minimum Gasteiger partial charge on any atom is -0.493 e. The summed E-state index contributed by atoms with van der Waals surface area (Å²) in [4.78, 5) is 6.65. The molecule has 1 saturated heterocycles. The van der Waals surface area contributed by atoms with E-state index >= 15 is 0 Å². The summed E-state index contributed by atoms with van der Waals surface area (Å²) < 4.78 is 11.5. The number of hydrogen-bond acceptors (Lipinski definition) is 3. The highest BCUT2D eigenvalue weighted by atomic mass is 79.9. The van der Waals surface area contributed by atoms with Gasteiger partial charge in [-0.1, -0.05) is 0 Å². The van der Waals surface area contributed by atoms with Gasteiger partial charge in [0.05, 0.1) is 25.2 Å². The zero-order valence-corrected chi connectivity index (χ0v) is 14.1. The molecule has 0 amide bonds. The van der Waals surface area contributed by atoms with Crippen molar-refractivity contribution in [3.05, 3.63) is 22.2 Å². The van der Waals surface area contributed by atoms with Gasteiger partial charge in [-0.3, -0.25) is 0 Å². The van der Waals surface area contributed by atoms with E-state index in [0.717, 1.165) is 23.1 Å². The van der Waals surface area contributed by atoms with Crippen LogP contribution < -0.4 is 15.2 Å².